The average Bonchev–Trinajstić information content (AvgIpc) is 2.81. The number of thiocarbonyl (C=S) groups is 1. The molecule has 5 heteroatoms. The number of hydrazone groups is 1. The monoisotopic (exact) mass is 303 g/mol. The van der Waals surface area contributed by atoms with E-state index in [0.29, 0.717) is 5.11 Å². The summed E-state index contributed by atoms with van der Waals surface area (Å²) in [6, 6.07) is 8.16. The van der Waals surface area contributed by atoms with E-state index in [0.717, 1.165) is 10.6 Å². The first kappa shape index (κ1) is 14.7. The van der Waals surface area contributed by atoms with Crippen molar-refractivity contribution in [1.29, 1.82) is 0 Å². The molecule has 3 nitrogen and oxygen atoms in total. The SMILES string of the molecule is Cc1ccsc1C=NNC(=S)Nc1cccc(C)c1C. The summed E-state index contributed by atoms with van der Waals surface area (Å²) < 4.78 is 0. The number of nitrogens with one attached hydrogen (secondary N) is 2. The predicted molar refractivity (Wildman–Crippen MR) is 91.9 cm³/mol. The second-order valence-corrected chi connectivity index (χ2v) is 5.90. The van der Waals surface area contributed by atoms with Crippen LogP contribution in [0.1, 0.15) is 21.6 Å². The summed E-state index contributed by atoms with van der Waals surface area (Å²) in [5.41, 5.74) is 7.48. The van der Waals surface area contributed by atoms with Crippen LogP contribution in [0.15, 0.2) is 34.7 Å². The van der Waals surface area contributed by atoms with Gasteiger partial charge in [0.05, 0.1) is 6.21 Å². The van der Waals surface area contributed by atoms with E-state index in [9.17, 15) is 0 Å². The molecule has 1 aromatic carbocycles. The Hall–Kier alpha value is -1.72. The van der Waals surface area contributed by atoms with Crippen LogP contribution in [0.2, 0.25) is 0 Å². The minimum absolute atomic E-state index is 0.490. The largest absolute Gasteiger partial charge is 0.331 e. The van der Waals surface area contributed by atoms with E-state index in [1.54, 1.807) is 17.6 Å². The maximum Gasteiger partial charge on any atom is 0.191 e. The van der Waals surface area contributed by atoms with Gasteiger partial charge in [0.15, 0.2) is 5.11 Å². The van der Waals surface area contributed by atoms with Crippen molar-refractivity contribution in [3.05, 3.63) is 51.2 Å². The molecule has 2 rings (SSSR count). The van der Waals surface area contributed by atoms with Gasteiger partial charge in [-0.25, -0.2) is 0 Å². The van der Waals surface area contributed by atoms with E-state index in [1.807, 2.05) is 17.5 Å². The Morgan fingerprint density at radius 1 is 1.20 bits per heavy atom. The van der Waals surface area contributed by atoms with E-state index in [4.69, 9.17) is 12.2 Å². The normalized spacial score (nSPS) is 10.8. The molecule has 2 N–H and O–H groups in total. The van der Waals surface area contributed by atoms with Gasteiger partial charge in [-0.1, -0.05) is 12.1 Å². The fourth-order valence-corrected chi connectivity index (χ4v) is 2.65. The standard InChI is InChI=1S/C15H17N3S2/c1-10-5-4-6-13(12(10)3)17-15(19)18-16-9-14-11(2)7-8-20-14/h4-9H,1-3H3,(H2,17,18,19). The molecule has 0 atom stereocenters. The van der Waals surface area contributed by atoms with E-state index in [1.165, 1.54) is 16.7 Å². The molecule has 0 bridgehead atoms. The quantitative estimate of drug-likeness (QED) is 0.511. The van der Waals surface area contributed by atoms with Gasteiger partial charge >= 0.3 is 0 Å². The van der Waals surface area contributed by atoms with Gasteiger partial charge in [0, 0.05) is 10.6 Å². The molecule has 0 unspecified atom stereocenters. The van der Waals surface area contributed by atoms with Gasteiger partial charge in [-0.15, -0.1) is 11.3 Å². The van der Waals surface area contributed by atoms with Crippen LogP contribution in [-0.4, -0.2) is 11.3 Å². The van der Waals surface area contributed by atoms with Gasteiger partial charge in [0.1, 0.15) is 0 Å². The van der Waals surface area contributed by atoms with Crippen LogP contribution in [0.25, 0.3) is 0 Å². The van der Waals surface area contributed by atoms with Crippen molar-refractivity contribution < 1.29 is 0 Å². The van der Waals surface area contributed by atoms with Gasteiger partial charge in [-0.2, -0.15) is 5.10 Å². The van der Waals surface area contributed by atoms with Crippen LogP contribution in [0.4, 0.5) is 5.69 Å². The van der Waals surface area contributed by atoms with Crippen LogP contribution < -0.4 is 10.7 Å². The van der Waals surface area contributed by atoms with Crippen molar-refractivity contribution in [2.75, 3.05) is 5.32 Å². The Kier molecular flexibility index (Phi) is 4.87. The highest BCUT2D eigenvalue weighted by Gasteiger charge is 2.02. The molecule has 0 saturated heterocycles. The highest BCUT2D eigenvalue weighted by Crippen LogP contribution is 2.17. The minimum atomic E-state index is 0.490. The molecule has 104 valence electrons. The van der Waals surface area contributed by atoms with Gasteiger partial charge in [-0.3, -0.25) is 5.43 Å². The maximum atomic E-state index is 5.23. The Morgan fingerprint density at radius 3 is 2.70 bits per heavy atom. The lowest BCUT2D eigenvalue weighted by Crippen LogP contribution is -2.24. The number of thiophene rings is 1. The van der Waals surface area contributed by atoms with E-state index >= 15 is 0 Å². The smallest absolute Gasteiger partial charge is 0.191 e. The van der Waals surface area contributed by atoms with Gasteiger partial charge in [0.25, 0.3) is 0 Å². The van der Waals surface area contributed by atoms with E-state index in [-0.39, 0.29) is 0 Å². The molecule has 0 spiro atoms. The lowest BCUT2D eigenvalue weighted by Gasteiger charge is -2.11. The topological polar surface area (TPSA) is 36.4 Å². The summed E-state index contributed by atoms with van der Waals surface area (Å²) in [4.78, 5) is 1.13. The summed E-state index contributed by atoms with van der Waals surface area (Å²) in [6.45, 7) is 6.21. The Bertz CT molecular complexity index is 644. The summed E-state index contributed by atoms with van der Waals surface area (Å²) >= 11 is 6.89. The molecular weight excluding hydrogens is 286 g/mol. The van der Waals surface area contributed by atoms with Crippen LogP contribution in [0.3, 0.4) is 0 Å². The molecule has 0 aliphatic carbocycles. The third-order valence-electron chi connectivity index (χ3n) is 3.10. The van der Waals surface area contributed by atoms with Crippen LogP contribution in [-0.2, 0) is 0 Å². The van der Waals surface area contributed by atoms with Gasteiger partial charge in [0.2, 0.25) is 0 Å². The van der Waals surface area contributed by atoms with E-state index < -0.39 is 0 Å². The number of aryl methyl sites for hydroxylation is 2. The molecule has 0 aliphatic heterocycles. The number of nitrogens with zero attached hydrogens (tertiary/aromatic N) is 1. The number of benzene rings is 1. The fourth-order valence-electron chi connectivity index (χ4n) is 1.70. The van der Waals surface area contributed by atoms with Gasteiger partial charge in [-0.05, 0) is 67.2 Å². The Balaban J connectivity index is 1.95. The molecule has 0 amide bonds. The summed E-state index contributed by atoms with van der Waals surface area (Å²) in [5.74, 6) is 0. The zero-order valence-electron chi connectivity index (χ0n) is 11.7. The maximum absolute atomic E-state index is 5.23. The number of anilines is 1. The van der Waals surface area contributed by atoms with Crippen molar-refractivity contribution in [3.63, 3.8) is 0 Å². The van der Waals surface area contributed by atoms with Crippen molar-refractivity contribution in [3.8, 4) is 0 Å². The lowest BCUT2D eigenvalue weighted by atomic mass is 10.1. The highest BCUT2D eigenvalue weighted by atomic mass is 32.1. The molecular formula is C15H17N3S2. The van der Waals surface area contributed by atoms with Crippen molar-refractivity contribution in [2.45, 2.75) is 20.8 Å². The minimum Gasteiger partial charge on any atom is -0.331 e. The second kappa shape index (κ2) is 6.63. The third kappa shape index (κ3) is 3.65. The second-order valence-electron chi connectivity index (χ2n) is 4.54. The summed E-state index contributed by atoms with van der Waals surface area (Å²) in [5, 5.41) is 9.85. The lowest BCUT2D eigenvalue weighted by molar-refractivity contribution is 1.05. The predicted octanol–water partition coefficient (Wildman–Crippen LogP) is 3.99. The Labute approximate surface area is 128 Å². The molecule has 0 saturated carbocycles. The molecule has 0 radical (unpaired) electrons. The van der Waals surface area contributed by atoms with Gasteiger partial charge < -0.3 is 5.32 Å². The number of rotatable bonds is 3. The number of hydrogen-bond donors (Lipinski definition) is 2. The highest BCUT2D eigenvalue weighted by molar-refractivity contribution is 7.80. The first-order chi connectivity index (χ1) is 9.58. The average molecular weight is 303 g/mol. The van der Waals surface area contributed by atoms with E-state index in [2.05, 4.69) is 48.7 Å². The van der Waals surface area contributed by atoms with Crippen LogP contribution in [0.5, 0.6) is 0 Å². The summed E-state index contributed by atoms with van der Waals surface area (Å²) in [6.07, 6.45) is 1.79. The zero-order chi connectivity index (χ0) is 14.5. The van der Waals surface area contributed by atoms with Crippen molar-refractivity contribution >= 4 is 40.6 Å². The molecule has 0 fully saturated rings. The zero-order valence-corrected chi connectivity index (χ0v) is 13.4. The Morgan fingerprint density at radius 2 is 2.00 bits per heavy atom. The first-order valence-electron chi connectivity index (χ1n) is 6.28. The van der Waals surface area contributed by atoms with Crippen LogP contribution >= 0.6 is 23.6 Å². The number of hydrogen-bond acceptors (Lipinski definition) is 3. The fraction of sp³-hybridized carbons (Fsp3) is 0.200. The molecule has 1 heterocycles. The van der Waals surface area contributed by atoms with Crippen LogP contribution in [0, 0.1) is 20.8 Å². The first-order valence-corrected chi connectivity index (χ1v) is 7.57. The molecule has 0 aliphatic rings. The molecule has 2 aromatic rings. The third-order valence-corrected chi connectivity index (χ3v) is 4.25. The summed E-state index contributed by atoms with van der Waals surface area (Å²) in [7, 11) is 0. The molecule has 1 aromatic heterocycles. The van der Waals surface area contributed by atoms with Crippen molar-refractivity contribution in [1.82, 2.24) is 5.43 Å². The molecule has 20 heavy (non-hydrogen) atoms. The van der Waals surface area contributed by atoms with Crippen molar-refractivity contribution in [2.24, 2.45) is 5.10 Å².